The van der Waals surface area contributed by atoms with Gasteiger partial charge in [-0.05, 0) is 0 Å². The van der Waals surface area contributed by atoms with Gasteiger partial charge in [0.15, 0.2) is 0 Å². The molecule has 1 N–H and O–H groups in total. The Balaban J connectivity index is 6.59. The molecule has 0 aliphatic rings. The summed E-state index contributed by atoms with van der Waals surface area (Å²) in [7, 11) is -7.74. The van der Waals surface area contributed by atoms with E-state index in [0.29, 0.717) is 0 Å². The molecule has 20 heteroatoms. The second kappa shape index (κ2) is 6.73. The van der Waals surface area contributed by atoms with Crippen LogP contribution in [0.25, 0.3) is 0 Å². The lowest BCUT2D eigenvalue weighted by atomic mass is 9.97. The van der Waals surface area contributed by atoms with Gasteiger partial charge in [0.25, 0.3) is 0 Å². The number of ether oxygens (including phenoxy) is 1. The molecule has 0 bridgehead atoms. The molecular formula is C8HF15O4S. The summed E-state index contributed by atoms with van der Waals surface area (Å²) >= 11 is 0. The van der Waals surface area contributed by atoms with E-state index >= 15 is 0 Å². The van der Waals surface area contributed by atoms with Gasteiger partial charge in [0.1, 0.15) is 0 Å². The van der Waals surface area contributed by atoms with E-state index in [9.17, 15) is 74.3 Å². The molecule has 0 amide bonds. The topological polar surface area (TPSA) is 63.6 Å². The van der Waals surface area contributed by atoms with Crippen LogP contribution in [0.4, 0.5) is 65.9 Å². The minimum absolute atomic E-state index is 1.68. The summed E-state index contributed by atoms with van der Waals surface area (Å²) in [5.74, 6) is -33.2. The van der Waals surface area contributed by atoms with Gasteiger partial charge < -0.3 is 4.74 Å². The highest BCUT2D eigenvalue weighted by molar-refractivity contribution is 7.87. The van der Waals surface area contributed by atoms with Crippen LogP contribution < -0.4 is 0 Å². The van der Waals surface area contributed by atoms with Crippen molar-refractivity contribution in [3.05, 3.63) is 12.1 Å². The van der Waals surface area contributed by atoms with Crippen molar-refractivity contribution in [1.29, 1.82) is 0 Å². The molecule has 0 heterocycles. The minimum atomic E-state index is -8.44. The molecule has 4 nitrogen and oxygen atoms in total. The molecule has 0 unspecified atom stereocenters. The third kappa shape index (κ3) is 3.54. The molecule has 0 aromatic rings. The van der Waals surface area contributed by atoms with E-state index in [4.69, 9.17) is 4.55 Å². The molecule has 0 saturated heterocycles. The van der Waals surface area contributed by atoms with Crippen molar-refractivity contribution in [3.8, 4) is 0 Å². The zero-order valence-corrected chi connectivity index (χ0v) is 12.6. The van der Waals surface area contributed by atoms with Gasteiger partial charge in [0.05, 0.1) is 0 Å². The molecule has 28 heavy (non-hydrogen) atoms. The summed E-state index contributed by atoms with van der Waals surface area (Å²) in [5.41, 5.74) is 0. The largest absolute Gasteiger partial charge is 0.472 e. The molecule has 0 aliphatic heterocycles. The van der Waals surface area contributed by atoms with Crippen molar-refractivity contribution in [2.45, 2.75) is 35.1 Å². The predicted octanol–water partition coefficient (Wildman–Crippen LogP) is 4.65. The minimum Gasteiger partial charge on any atom is -0.397 e. The van der Waals surface area contributed by atoms with E-state index in [0.717, 1.165) is 0 Å². The van der Waals surface area contributed by atoms with Crippen LogP contribution in [-0.4, -0.2) is 48.0 Å². The van der Waals surface area contributed by atoms with Gasteiger partial charge in [-0.3, -0.25) is 4.55 Å². The van der Waals surface area contributed by atoms with E-state index in [1.54, 1.807) is 4.74 Å². The standard InChI is InChI=1S/C8HF15O4S/c9-1(10)2(11)27-7(20,21)5(16,17)3(12,13)4(14,15)6(18,19)8(22,23)28(24,25)26/h(H,24,25,26). The molecule has 0 aromatic carbocycles. The zero-order valence-electron chi connectivity index (χ0n) is 11.7. The Morgan fingerprint density at radius 2 is 0.964 bits per heavy atom. The highest BCUT2D eigenvalue weighted by Gasteiger charge is 2.93. The summed E-state index contributed by atoms with van der Waals surface area (Å²) < 4.78 is 219. The summed E-state index contributed by atoms with van der Waals surface area (Å²) in [6.07, 6.45) is -11.6. The number of halogens is 15. The van der Waals surface area contributed by atoms with Gasteiger partial charge in [0, 0.05) is 0 Å². The van der Waals surface area contributed by atoms with Crippen LogP contribution in [0.1, 0.15) is 0 Å². The summed E-state index contributed by atoms with van der Waals surface area (Å²) in [6.45, 7) is 0. The van der Waals surface area contributed by atoms with E-state index in [1.165, 1.54) is 0 Å². The lowest BCUT2D eigenvalue weighted by Crippen LogP contribution is -2.71. The van der Waals surface area contributed by atoms with Crippen LogP contribution in [0.2, 0.25) is 0 Å². The van der Waals surface area contributed by atoms with E-state index < -0.39 is 57.3 Å². The molecule has 0 aromatic heterocycles. The quantitative estimate of drug-likeness (QED) is 0.314. The first-order valence-electron chi connectivity index (χ1n) is 5.46. The van der Waals surface area contributed by atoms with Crippen LogP contribution in [0.3, 0.4) is 0 Å². The van der Waals surface area contributed by atoms with Gasteiger partial charge in [-0.15, -0.1) is 0 Å². The van der Waals surface area contributed by atoms with Gasteiger partial charge in [-0.25, -0.2) is 0 Å². The second-order valence-electron chi connectivity index (χ2n) is 4.44. The molecule has 168 valence electrons. The van der Waals surface area contributed by atoms with Crippen LogP contribution in [-0.2, 0) is 14.9 Å². The van der Waals surface area contributed by atoms with E-state index in [-0.39, 0.29) is 0 Å². The van der Waals surface area contributed by atoms with Gasteiger partial charge in [-0.2, -0.15) is 74.3 Å². The third-order valence-corrected chi connectivity index (χ3v) is 3.51. The van der Waals surface area contributed by atoms with Crippen LogP contribution in [0.5, 0.6) is 0 Å². The highest BCUT2D eigenvalue weighted by Crippen LogP contribution is 2.61. The normalized spacial score (nSPS) is 15.4. The van der Waals surface area contributed by atoms with E-state index in [1.807, 2.05) is 0 Å². The highest BCUT2D eigenvalue weighted by atomic mass is 32.2. The summed E-state index contributed by atoms with van der Waals surface area (Å²) in [5, 5.41) is -7.66. The first-order chi connectivity index (χ1) is 11.8. The fourth-order valence-electron chi connectivity index (χ4n) is 1.14. The first kappa shape index (κ1) is 26.4. The fourth-order valence-corrected chi connectivity index (χ4v) is 1.59. The van der Waals surface area contributed by atoms with Gasteiger partial charge in [-0.1, -0.05) is 0 Å². The number of rotatable bonds is 8. The van der Waals surface area contributed by atoms with Crippen molar-refractivity contribution >= 4 is 10.1 Å². The molecule has 0 atom stereocenters. The number of alkyl halides is 12. The maximum absolute atomic E-state index is 13.1. The molecule has 0 aliphatic carbocycles. The third-order valence-electron chi connectivity index (χ3n) is 2.60. The van der Waals surface area contributed by atoms with E-state index in [2.05, 4.69) is 0 Å². The van der Waals surface area contributed by atoms with Crippen molar-refractivity contribution < 1.29 is 83.6 Å². The van der Waals surface area contributed by atoms with Crippen LogP contribution in [0.15, 0.2) is 12.1 Å². The average molecular weight is 478 g/mol. The molecule has 0 rings (SSSR count). The Hall–Kier alpha value is -1.60. The molecule has 0 spiro atoms. The first-order valence-corrected chi connectivity index (χ1v) is 6.90. The average Bonchev–Trinajstić information content (AvgIpc) is 2.44. The zero-order chi connectivity index (χ0) is 23.4. The molecule has 0 radical (unpaired) electrons. The van der Waals surface area contributed by atoms with Crippen molar-refractivity contribution in [2.24, 2.45) is 0 Å². The van der Waals surface area contributed by atoms with Crippen LogP contribution >= 0.6 is 0 Å². The van der Waals surface area contributed by atoms with Crippen molar-refractivity contribution in [2.75, 3.05) is 0 Å². The Morgan fingerprint density at radius 1 is 0.643 bits per heavy atom. The Morgan fingerprint density at radius 3 is 1.25 bits per heavy atom. The van der Waals surface area contributed by atoms with Crippen molar-refractivity contribution in [1.82, 2.24) is 0 Å². The SMILES string of the molecule is O=S(=O)(O)C(F)(F)C(F)(F)C(F)(F)C(F)(F)C(F)(F)C(F)(F)OC(F)=C(F)F. The number of hydrogen-bond donors (Lipinski definition) is 1. The van der Waals surface area contributed by atoms with Gasteiger partial charge in [0.2, 0.25) is 0 Å². The van der Waals surface area contributed by atoms with Gasteiger partial charge >= 0.3 is 57.3 Å². The molecule has 0 fully saturated rings. The summed E-state index contributed by atoms with van der Waals surface area (Å²) in [4.78, 5) is 0. The predicted molar refractivity (Wildman–Crippen MR) is 52.7 cm³/mol. The maximum atomic E-state index is 13.1. The monoisotopic (exact) mass is 478 g/mol. The molecule has 0 saturated carbocycles. The maximum Gasteiger partial charge on any atom is 0.472 e. The Kier molecular flexibility index (Phi) is 6.35. The lowest BCUT2D eigenvalue weighted by Gasteiger charge is -2.39. The molecular weight excluding hydrogens is 477 g/mol. The smallest absolute Gasteiger partial charge is 0.397 e. The lowest BCUT2D eigenvalue weighted by molar-refractivity contribution is -0.450. The van der Waals surface area contributed by atoms with Crippen LogP contribution in [0, 0.1) is 0 Å². The number of hydrogen-bond acceptors (Lipinski definition) is 3. The Labute approximate surface area is 142 Å². The Bertz CT molecular complexity index is 735. The second-order valence-corrected chi connectivity index (χ2v) is 5.91. The van der Waals surface area contributed by atoms with Crippen molar-refractivity contribution in [3.63, 3.8) is 0 Å². The summed E-state index contributed by atoms with van der Waals surface area (Å²) in [6, 6.07) is -4.07. The fraction of sp³-hybridized carbons (Fsp3) is 0.750.